The normalized spacial score (nSPS) is 17.3. The van der Waals surface area contributed by atoms with Gasteiger partial charge in [0.05, 0.1) is 5.52 Å². The average Bonchev–Trinajstić information content (AvgIpc) is 3.34. The quantitative estimate of drug-likeness (QED) is 0.869. The molecule has 0 radical (unpaired) electrons. The van der Waals surface area contributed by atoms with Gasteiger partial charge in [0, 0.05) is 37.3 Å². The predicted octanol–water partition coefficient (Wildman–Crippen LogP) is 2.95. The smallest absolute Gasteiger partial charge is 0.247 e. The number of nitrogens with one attached hydrogen (secondary N) is 1. The first-order valence-corrected chi connectivity index (χ1v) is 9.00. The zero-order valence-corrected chi connectivity index (χ0v) is 14.4. The van der Waals surface area contributed by atoms with E-state index in [2.05, 4.69) is 21.7 Å². The Morgan fingerprint density at radius 3 is 2.40 bits per heavy atom. The molecule has 1 N–H and O–H groups in total. The molecule has 1 aromatic carbocycles. The second kappa shape index (κ2) is 6.70. The Hall–Kier alpha value is -2.63. The highest BCUT2D eigenvalue weighted by atomic mass is 16.1. The molecule has 6 nitrogen and oxygen atoms in total. The maximum atomic E-state index is 11.6. The number of carbonyl (C=O) groups excluding carboxylic acids is 1. The molecule has 2 aliphatic rings. The van der Waals surface area contributed by atoms with E-state index in [4.69, 9.17) is 9.97 Å². The minimum absolute atomic E-state index is 0.215. The lowest BCUT2D eigenvalue weighted by Gasteiger charge is -2.22. The predicted molar refractivity (Wildman–Crippen MR) is 101 cm³/mol. The van der Waals surface area contributed by atoms with Crippen LogP contribution in [0.15, 0.2) is 30.9 Å². The van der Waals surface area contributed by atoms with E-state index in [-0.39, 0.29) is 5.91 Å². The van der Waals surface area contributed by atoms with Crippen molar-refractivity contribution >= 4 is 34.3 Å². The highest BCUT2D eigenvalue weighted by molar-refractivity contribution is 6.01. The van der Waals surface area contributed by atoms with E-state index in [9.17, 15) is 4.79 Å². The van der Waals surface area contributed by atoms with Crippen LogP contribution in [-0.2, 0) is 4.79 Å². The van der Waals surface area contributed by atoms with Gasteiger partial charge in [-0.3, -0.25) is 4.79 Å². The second-order valence-electron chi connectivity index (χ2n) is 6.66. The number of hydrogen-bond acceptors (Lipinski definition) is 5. The molecule has 6 heteroatoms. The summed E-state index contributed by atoms with van der Waals surface area (Å²) in [6.45, 7) is 7.61. The van der Waals surface area contributed by atoms with Gasteiger partial charge in [-0.05, 0) is 50.0 Å². The molecular weight excluding hydrogens is 314 g/mol. The summed E-state index contributed by atoms with van der Waals surface area (Å²) in [5, 5.41) is 3.86. The number of aromatic nitrogens is 2. The largest absolute Gasteiger partial charge is 0.356 e. The van der Waals surface area contributed by atoms with Crippen LogP contribution in [0.4, 0.5) is 17.5 Å². The van der Waals surface area contributed by atoms with Crippen LogP contribution in [0.1, 0.15) is 25.7 Å². The van der Waals surface area contributed by atoms with Crippen molar-refractivity contribution in [1.29, 1.82) is 0 Å². The van der Waals surface area contributed by atoms with Gasteiger partial charge < -0.3 is 15.1 Å². The minimum atomic E-state index is -0.215. The van der Waals surface area contributed by atoms with Crippen LogP contribution in [0.25, 0.3) is 10.9 Å². The Labute approximate surface area is 147 Å². The SMILES string of the molecule is C=CC(=O)Nc1ccc2c(N3CCCC3)nc(N3CCCC3)nc2c1. The van der Waals surface area contributed by atoms with Crippen LogP contribution in [0.5, 0.6) is 0 Å². The molecule has 4 rings (SSSR count). The maximum Gasteiger partial charge on any atom is 0.247 e. The van der Waals surface area contributed by atoms with E-state index < -0.39 is 0 Å². The van der Waals surface area contributed by atoms with Gasteiger partial charge in [0.1, 0.15) is 5.82 Å². The number of carbonyl (C=O) groups is 1. The molecule has 130 valence electrons. The molecule has 0 spiro atoms. The number of nitrogens with zero attached hydrogens (tertiary/aromatic N) is 4. The molecule has 0 saturated carbocycles. The molecule has 25 heavy (non-hydrogen) atoms. The Bertz CT molecular complexity index is 807. The molecular formula is C19H23N5O. The molecule has 2 fully saturated rings. The third-order valence-corrected chi connectivity index (χ3v) is 4.91. The topological polar surface area (TPSA) is 61.4 Å². The van der Waals surface area contributed by atoms with Crippen molar-refractivity contribution in [3.8, 4) is 0 Å². The Kier molecular flexibility index (Phi) is 4.26. The number of rotatable bonds is 4. The van der Waals surface area contributed by atoms with Gasteiger partial charge in [-0.15, -0.1) is 0 Å². The lowest BCUT2D eigenvalue weighted by molar-refractivity contribution is -0.111. The number of amides is 1. The summed E-state index contributed by atoms with van der Waals surface area (Å²) in [4.78, 5) is 25.9. The summed E-state index contributed by atoms with van der Waals surface area (Å²) in [5.41, 5.74) is 1.61. The first kappa shape index (κ1) is 15.9. The van der Waals surface area contributed by atoms with Crippen molar-refractivity contribution in [2.24, 2.45) is 0 Å². The highest BCUT2D eigenvalue weighted by Crippen LogP contribution is 2.31. The van der Waals surface area contributed by atoms with Crippen molar-refractivity contribution in [3.05, 3.63) is 30.9 Å². The summed E-state index contributed by atoms with van der Waals surface area (Å²) in [7, 11) is 0. The van der Waals surface area contributed by atoms with Crippen molar-refractivity contribution in [2.75, 3.05) is 41.3 Å². The molecule has 2 saturated heterocycles. The summed E-state index contributed by atoms with van der Waals surface area (Å²) in [5.74, 6) is 1.61. The molecule has 2 aromatic rings. The van der Waals surface area contributed by atoms with Gasteiger partial charge in [0.15, 0.2) is 0 Å². The lowest BCUT2D eigenvalue weighted by atomic mass is 10.2. The fourth-order valence-electron chi connectivity index (χ4n) is 3.60. The first-order chi connectivity index (χ1) is 12.2. The monoisotopic (exact) mass is 337 g/mol. The third-order valence-electron chi connectivity index (χ3n) is 4.91. The van der Waals surface area contributed by atoms with Gasteiger partial charge in [-0.25, -0.2) is 4.98 Å². The van der Waals surface area contributed by atoms with Gasteiger partial charge in [0.2, 0.25) is 11.9 Å². The summed E-state index contributed by atoms with van der Waals surface area (Å²) in [6, 6.07) is 5.84. The van der Waals surface area contributed by atoms with Gasteiger partial charge in [-0.2, -0.15) is 4.98 Å². The van der Waals surface area contributed by atoms with Crippen LogP contribution >= 0.6 is 0 Å². The fraction of sp³-hybridized carbons (Fsp3) is 0.421. The van der Waals surface area contributed by atoms with Crippen LogP contribution in [0.2, 0.25) is 0 Å². The summed E-state index contributed by atoms with van der Waals surface area (Å²) >= 11 is 0. The zero-order chi connectivity index (χ0) is 17.2. The van der Waals surface area contributed by atoms with E-state index in [1.165, 1.54) is 31.8 Å². The van der Waals surface area contributed by atoms with Gasteiger partial charge in [0.25, 0.3) is 0 Å². The van der Waals surface area contributed by atoms with Crippen LogP contribution in [0.3, 0.4) is 0 Å². The van der Waals surface area contributed by atoms with E-state index in [1.54, 1.807) is 0 Å². The molecule has 1 aromatic heterocycles. The van der Waals surface area contributed by atoms with Crippen molar-refractivity contribution in [2.45, 2.75) is 25.7 Å². The Morgan fingerprint density at radius 2 is 1.72 bits per heavy atom. The maximum absolute atomic E-state index is 11.6. The number of benzene rings is 1. The number of hydrogen-bond donors (Lipinski definition) is 1. The second-order valence-corrected chi connectivity index (χ2v) is 6.66. The fourth-order valence-corrected chi connectivity index (χ4v) is 3.60. The Balaban J connectivity index is 1.79. The Morgan fingerprint density at radius 1 is 1.04 bits per heavy atom. The first-order valence-electron chi connectivity index (χ1n) is 9.00. The van der Waals surface area contributed by atoms with E-state index in [0.717, 1.165) is 54.5 Å². The van der Waals surface area contributed by atoms with Crippen LogP contribution < -0.4 is 15.1 Å². The molecule has 0 aliphatic carbocycles. The third kappa shape index (κ3) is 3.16. The number of anilines is 3. The molecule has 2 aliphatic heterocycles. The number of fused-ring (bicyclic) bond motifs is 1. The minimum Gasteiger partial charge on any atom is -0.356 e. The lowest BCUT2D eigenvalue weighted by Crippen LogP contribution is -2.24. The van der Waals surface area contributed by atoms with Crippen LogP contribution in [0, 0.1) is 0 Å². The summed E-state index contributed by atoms with van der Waals surface area (Å²) < 4.78 is 0. The van der Waals surface area contributed by atoms with Crippen LogP contribution in [-0.4, -0.2) is 42.1 Å². The molecule has 0 unspecified atom stereocenters. The highest BCUT2D eigenvalue weighted by Gasteiger charge is 2.22. The van der Waals surface area contributed by atoms with Gasteiger partial charge in [-0.1, -0.05) is 6.58 Å². The molecule has 1 amide bonds. The van der Waals surface area contributed by atoms with E-state index in [0.29, 0.717) is 0 Å². The summed E-state index contributed by atoms with van der Waals surface area (Å²) in [6.07, 6.45) is 6.07. The average molecular weight is 337 g/mol. The van der Waals surface area contributed by atoms with E-state index in [1.807, 2.05) is 18.2 Å². The van der Waals surface area contributed by atoms with Gasteiger partial charge >= 0.3 is 0 Å². The van der Waals surface area contributed by atoms with Crippen molar-refractivity contribution < 1.29 is 4.79 Å². The standard InChI is InChI=1S/C19H23N5O/c1-2-17(25)20-14-7-8-15-16(13-14)21-19(24-11-5-6-12-24)22-18(15)23-9-3-4-10-23/h2,7-8,13H,1,3-6,9-12H2,(H,20,25). The van der Waals surface area contributed by atoms with Crippen molar-refractivity contribution in [1.82, 2.24) is 9.97 Å². The molecule has 0 bridgehead atoms. The van der Waals surface area contributed by atoms with Crippen molar-refractivity contribution in [3.63, 3.8) is 0 Å². The zero-order valence-electron chi connectivity index (χ0n) is 14.4. The molecule has 0 atom stereocenters. The van der Waals surface area contributed by atoms with E-state index >= 15 is 0 Å². The molecule has 3 heterocycles.